The van der Waals surface area contributed by atoms with Gasteiger partial charge < -0.3 is 5.11 Å². The van der Waals surface area contributed by atoms with E-state index in [0.29, 0.717) is 5.92 Å². The number of nitro benzene ring substituents is 1. The van der Waals surface area contributed by atoms with Crippen LogP contribution in [0.2, 0.25) is 0 Å². The first-order valence-corrected chi connectivity index (χ1v) is 4.15. The molecule has 0 aliphatic heterocycles. The number of hydrogen-bond donors (Lipinski definition) is 1. The van der Waals surface area contributed by atoms with Gasteiger partial charge in [-0.05, 0) is 30.4 Å². The zero-order valence-corrected chi connectivity index (χ0v) is 6.93. The molecule has 1 saturated carbocycles. The molecule has 4 nitrogen and oxygen atoms in total. The average Bonchev–Trinajstić information content (AvgIpc) is 2.85. The number of phenolic OH excluding ortho intramolecular Hbond substituents is 1. The van der Waals surface area contributed by atoms with Crippen LogP contribution < -0.4 is 0 Å². The number of hydrogen-bond acceptors (Lipinski definition) is 3. The second kappa shape index (κ2) is 2.73. The molecule has 1 aromatic carbocycles. The van der Waals surface area contributed by atoms with Crippen molar-refractivity contribution < 1.29 is 10.0 Å². The Labute approximate surface area is 75.0 Å². The van der Waals surface area contributed by atoms with Crippen LogP contribution in [0.3, 0.4) is 0 Å². The van der Waals surface area contributed by atoms with Crippen LogP contribution in [0, 0.1) is 10.1 Å². The van der Waals surface area contributed by atoms with Crippen LogP contribution in [-0.2, 0) is 0 Å². The molecule has 4 heteroatoms. The molecule has 68 valence electrons. The van der Waals surface area contributed by atoms with Gasteiger partial charge in [0.2, 0.25) is 0 Å². The molecular formula is C9H9NO3. The quantitative estimate of drug-likeness (QED) is 0.559. The maximum Gasteiger partial charge on any atom is 0.273 e. The summed E-state index contributed by atoms with van der Waals surface area (Å²) in [6.45, 7) is 0. The summed E-state index contributed by atoms with van der Waals surface area (Å²) < 4.78 is 0. The molecule has 0 amide bonds. The third-order valence-corrected chi connectivity index (χ3v) is 2.18. The second-order valence-electron chi connectivity index (χ2n) is 3.31. The number of non-ortho nitro benzene ring substituents is 1. The zero-order chi connectivity index (χ0) is 9.42. The third-order valence-electron chi connectivity index (χ3n) is 2.18. The van der Waals surface area contributed by atoms with Crippen LogP contribution in [-0.4, -0.2) is 10.0 Å². The summed E-state index contributed by atoms with van der Waals surface area (Å²) in [6.07, 6.45) is 2.14. The van der Waals surface area contributed by atoms with Crippen molar-refractivity contribution in [1.82, 2.24) is 0 Å². The highest BCUT2D eigenvalue weighted by molar-refractivity contribution is 5.44. The molecule has 1 aliphatic rings. The third kappa shape index (κ3) is 1.61. The first-order chi connectivity index (χ1) is 6.16. The van der Waals surface area contributed by atoms with Crippen molar-refractivity contribution in [2.75, 3.05) is 0 Å². The summed E-state index contributed by atoms with van der Waals surface area (Å²) >= 11 is 0. The highest BCUT2D eigenvalue weighted by atomic mass is 16.6. The van der Waals surface area contributed by atoms with E-state index in [-0.39, 0.29) is 11.4 Å². The van der Waals surface area contributed by atoms with Gasteiger partial charge in [-0.1, -0.05) is 0 Å². The molecule has 0 atom stereocenters. The highest BCUT2D eigenvalue weighted by Gasteiger charge is 2.25. The van der Waals surface area contributed by atoms with Gasteiger partial charge in [0.25, 0.3) is 5.69 Å². The average molecular weight is 179 g/mol. The normalized spacial score (nSPS) is 15.7. The summed E-state index contributed by atoms with van der Waals surface area (Å²) in [5.41, 5.74) is 0.855. The van der Waals surface area contributed by atoms with E-state index >= 15 is 0 Å². The number of nitrogens with zero attached hydrogens (tertiary/aromatic N) is 1. The minimum Gasteiger partial charge on any atom is -0.508 e. The Kier molecular flexibility index (Phi) is 1.69. The molecule has 0 radical (unpaired) electrons. The summed E-state index contributed by atoms with van der Waals surface area (Å²) in [4.78, 5) is 9.96. The van der Waals surface area contributed by atoms with E-state index in [4.69, 9.17) is 0 Å². The molecule has 0 unspecified atom stereocenters. The topological polar surface area (TPSA) is 63.4 Å². The van der Waals surface area contributed by atoms with Crippen molar-refractivity contribution in [3.8, 4) is 5.75 Å². The van der Waals surface area contributed by atoms with Gasteiger partial charge in [-0.2, -0.15) is 0 Å². The Morgan fingerprint density at radius 2 is 2.08 bits per heavy atom. The number of aromatic hydroxyl groups is 1. The van der Waals surface area contributed by atoms with Crippen LogP contribution in [0.1, 0.15) is 24.3 Å². The summed E-state index contributed by atoms with van der Waals surface area (Å²) in [5, 5.41) is 19.7. The number of phenols is 1. The molecule has 1 fully saturated rings. The van der Waals surface area contributed by atoms with Crippen LogP contribution >= 0.6 is 0 Å². The fourth-order valence-corrected chi connectivity index (χ4v) is 1.38. The number of rotatable bonds is 2. The fraction of sp³-hybridized carbons (Fsp3) is 0.333. The van der Waals surface area contributed by atoms with Crippen molar-refractivity contribution in [2.24, 2.45) is 0 Å². The summed E-state index contributed by atoms with van der Waals surface area (Å²) in [5.74, 6) is 0.405. The van der Waals surface area contributed by atoms with Gasteiger partial charge in [-0.15, -0.1) is 0 Å². The van der Waals surface area contributed by atoms with E-state index in [1.54, 1.807) is 6.07 Å². The summed E-state index contributed by atoms with van der Waals surface area (Å²) in [7, 11) is 0. The van der Waals surface area contributed by atoms with Crippen molar-refractivity contribution in [3.63, 3.8) is 0 Å². The Bertz CT molecular complexity index is 358. The largest absolute Gasteiger partial charge is 0.508 e. The van der Waals surface area contributed by atoms with Gasteiger partial charge in [-0.25, -0.2) is 0 Å². The van der Waals surface area contributed by atoms with Crippen molar-refractivity contribution in [1.29, 1.82) is 0 Å². The minimum absolute atomic E-state index is 0.0175. The lowest BCUT2D eigenvalue weighted by atomic mass is 10.1. The minimum atomic E-state index is -0.481. The van der Waals surface area contributed by atoms with E-state index in [1.807, 2.05) is 0 Å². The van der Waals surface area contributed by atoms with E-state index in [1.165, 1.54) is 12.1 Å². The van der Waals surface area contributed by atoms with Crippen molar-refractivity contribution >= 4 is 5.69 Å². The first kappa shape index (κ1) is 8.04. The van der Waals surface area contributed by atoms with E-state index in [2.05, 4.69) is 0 Å². The molecule has 0 saturated heterocycles. The summed E-state index contributed by atoms with van der Waals surface area (Å²) in [6, 6.07) is 4.31. The lowest BCUT2D eigenvalue weighted by molar-refractivity contribution is -0.385. The molecule has 0 bridgehead atoms. The maximum atomic E-state index is 10.4. The smallest absolute Gasteiger partial charge is 0.273 e. The Morgan fingerprint density at radius 3 is 2.62 bits per heavy atom. The molecule has 1 aliphatic carbocycles. The molecule has 1 N–H and O–H groups in total. The SMILES string of the molecule is O=[N+]([O-])c1cc(O)cc(C2CC2)c1. The van der Waals surface area contributed by atoms with Crippen molar-refractivity contribution in [3.05, 3.63) is 33.9 Å². The van der Waals surface area contributed by atoms with Gasteiger partial charge in [0, 0.05) is 6.07 Å². The molecule has 0 heterocycles. The van der Waals surface area contributed by atoms with Gasteiger partial charge in [0.1, 0.15) is 5.75 Å². The molecule has 2 rings (SSSR count). The lowest BCUT2D eigenvalue weighted by Crippen LogP contribution is -1.89. The first-order valence-electron chi connectivity index (χ1n) is 4.15. The van der Waals surface area contributed by atoms with E-state index < -0.39 is 4.92 Å². The van der Waals surface area contributed by atoms with Gasteiger partial charge in [0.05, 0.1) is 11.0 Å². The van der Waals surface area contributed by atoms with Crippen LogP contribution in [0.4, 0.5) is 5.69 Å². The van der Waals surface area contributed by atoms with E-state index in [0.717, 1.165) is 18.4 Å². The number of benzene rings is 1. The molecule has 0 aromatic heterocycles. The van der Waals surface area contributed by atoms with Crippen molar-refractivity contribution in [2.45, 2.75) is 18.8 Å². The monoisotopic (exact) mass is 179 g/mol. The van der Waals surface area contributed by atoms with Gasteiger partial charge >= 0.3 is 0 Å². The maximum absolute atomic E-state index is 10.4. The lowest BCUT2D eigenvalue weighted by Gasteiger charge is -1.99. The Balaban J connectivity index is 2.41. The molecule has 0 spiro atoms. The van der Waals surface area contributed by atoms with Crippen LogP contribution in [0.25, 0.3) is 0 Å². The van der Waals surface area contributed by atoms with Crippen LogP contribution in [0.5, 0.6) is 5.75 Å². The molecular weight excluding hydrogens is 170 g/mol. The predicted octanol–water partition coefficient (Wildman–Crippen LogP) is 2.18. The van der Waals surface area contributed by atoms with Gasteiger partial charge in [0.15, 0.2) is 0 Å². The second-order valence-corrected chi connectivity index (χ2v) is 3.31. The Hall–Kier alpha value is -1.58. The predicted molar refractivity (Wildman–Crippen MR) is 46.7 cm³/mol. The number of nitro groups is 1. The van der Waals surface area contributed by atoms with Gasteiger partial charge in [-0.3, -0.25) is 10.1 Å². The molecule has 1 aromatic rings. The molecule has 13 heavy (non-hydrogen) atoms. The van der Waals surface area contributed by atoms with Crippen LogP contribution in [0.15, 0.2) is 18.2 Å². The fourth-order valence-electron chi connectivity index (χ4n) is 1.38. The zero-order valence-electron chi connectivity index (χ0n) is 6.93. The highest BCUT2D eigenvalue weighted by Crippen LogP contribution is 2.42. The Morgan fingerprint density at radius 1 is 1.38 bits per heavy atom. The van der Waals surface area contributed by atoms with E-state index in [9.17, 15) is 15.2 Å². The standard InChI is InChI=1S/C9H9NO3/c11-9-4-7(6-1-2-6)3-8(5-9)10(12)13/h3-6,11H,1-2H2.